The Labute approximate surface area is 93.2 Å². The molecule has 4 unspecified atom stereocenters. The first-order valence-corrected chi connectivity index (χ1v) is 5.94. The van der Waals surface area contributed by atoms with Gasteiger partial charge < -0.3 is 5.73 Å². The molecule has 0 spiro atoms. The van der Waals surface area contributed by atoms with Crippen molar-refractivity contribution in [1.29, 1.82) is 0 Å². The Morgan fingerprint density at radius 2 is 1.29 bits per heavy atom. The lowest BCUT2D eigenvalue weighted by Gasteiger charge is -2.60. The molecule has 0 aromatic heterocycles. The Kier molecular flexibility index (Phi) is 2.60. The summed E-state index contributed by atoms with van der Waals surface area (Å²) >= 11 is 0. The van der Waals surface area contributed by atoms with Gasteiger partial charge in [-0.05, 0) is 54.8 Å². The molecular weight excluding hydrogens is 194 g/mol. The van der Waals surface area contributed by atoms with Gasteiger partial charge in [0.2, 0.25) is 0 Å². The lowest BCUT2D eigenvalue weighted by atomic mass is 9.47. The monoisotopic (exact) mass is 215 g/mol. The van der Waals surface area contributed by atoms with Crippen LogP contribution >= 0.6 is 12.4 Å². The lowest BCUT2D eigenvalue weighted by Crippen LogP contribution is -2.59. The summed E-state index contributed by atoms with van der Waals surface area (Å²) < 4.78 is 0. The van der Waals surface area contributed by atoms with Crippen LogP contribution in [0.1, 0.15) is 33.1 Å². The van der Waals surface area contributed by atoms with E-state index >= 15 is 0 Å². The van der Waals surface area contributed by atoms with Gasteiger partial charge in [-0.15, -0.1) is 12.4 Å². The zero-order valence-electron chi connectivity index (χ0n) is 9.15. The molecule has 0 aromatic rings. The number of halogens is 1. The molecular formula is C12H22ClN. The van der Waals surface area contributed by atoms with Crippen LogP contribution < -0.4 is 5.73 Å². The van der Waals surface area contributed by atoms with Crippen molar-refractivity contribution in [1.82, 2.24) is 0 Å². The van der Waals surface area contributed by atoms with Crippen LogP contribution in [0.4, 0.5) is 0 Å². The number of hydrogen-bond donors (Lipinski definition) is 1. The fraction of sp³-hybridized carbons (Fsp3) is 1.00. The second kappa shape index (κ2) is 3.38. The van der Waals surface area contributed by atoms with Crippen LogP contribution in [-0.4, -0.2) is 6.04 Å². The maximum absolute atomic E-state index is 6.35. The van der Waals surface area contributed by atoms with Crippen molar-refractivity contribution in [2.75, 3.05) is 0 Å². The third kappa shape index (κ3) is 1.18. The second-order valence-corrected chi connectivity index (χ2v) is 5.86. The molecule has 4 atom stereocenters. The Hall–Kier alpha value is 0.250. The third-order valence-corrected chi connectivity index (χ3v) is 5.51. The van der Waals surface area contributed by atoms with E-state index in [1.807, 2.05) is 0 Å². The molecule has 2 N–H and O–H groups in total. The summed E-state index contributed by atoms with van der Waals surface area (Å²) in [6, 6.07) is 0.540. The fourth-order valence-electron chi connectivity index (χ4n) is 4.75. The third-order valence-electron chi connectivity index (χ3n) is 5.51. The van der Waals surface area contributed by atoms with Crippen molar-refractivity contribution < 1.29 is 0 Å². The number of rotatable bonds is 0. The van der Waals surface area contributed by atoms with E-state index in [1.54, 1.807) is 0 Å². The summed E-state index contributed by atoms with van der Waals surface area (Å²) in [5.74, 6) is 5.64. The van der Waals surface area contributed by atoms with Gasteiger partial charge in [0.05, 0.1) is 0 Å². The van der Waals surface area contributed by atoms with Gasteiger partial charge in [-0.25, -0.2) is 0 Å². The van der Waals surface area contributed by atoms with Gasteiger partial charge in [0.15, 0.2) is 0 Å². The highest BCUT2D eigenvalue weighted by Crippen LogP contribution is 2.58. The van der Waals surface area contributed by atoms with Gasteiger partial charge in [0.25, 0.3) is 0 Å². The van der Waals surface area contributed by atoms with Crippen molar-refractivity contribution in [3.63, 3.8) is 0 Å². The standard InChI is InChI=1S/C12H21N.ClH/c1-6-9-3-8-4-10(6)12(13)11(5-8)7(9)2;/h6-12H,3-5,13H2,1-2H3;1H. The van der Waals surface area contributed by atoms with E-state index in [4.69, 9.17) is 5.73 Å². The van der Waals surface area contributed by atoms with Crippen LogP contribution in [0.2, 0.25) is 0 Å². The largest absolute Gasteiger partial charge is 0.327 e. The van der Waals surface area contributed by atoms with Gasteiger partial charge >= 0.3 is 0 Å². The molecule has 4 saturated carbocycles. The van der Waals surface area contributed by atoms with E-state index in [0.717, 1.165) is 35.5 Å². The molecule has 0 saturated heterocycles. The minimum absolute atomic E-state index is 0. The zero-order chi connectivity index (χ0) is 9.16. The summed E-state index contributed by atoms with van der Waals surface area (Å²) in [6.07, 6.45) is 4.41. The van der Waals surface area contributed by atoms with Gasteiger partial charge in [0, 0.05) is 6.04 Å². The Bertz CT molecular complexity index is 180. The van der Waals surface area contributed by atoms with Gasteiger partial charge in [-0.3, -0.25) is 0 Å². The summed E-state index contributed by atoms with van der Waals surface area (Å²) in [5, 5.41) is 0. The maximum atomic E-state index is 6.35. The first-order chi connectivity index (χ1) is 6.18. The van der Waals surface area contributed by atoms with E-state index in [2.05, 4.69) is 13.8 Å². The maximum Gasteiger partial charge on any atom is 0.0101 e. The Morgan fingerprint density at radius 3 is 1.79 bits per heavy atom. The SMILES string of the molecule is CC1C2CC3CC1C(N)C(C3)C2C.Cl. The molecule has 0 amide bonds. The predicted molar refractivity (Wildman–Crippen MR) is 61.4 cm³/mol. The molecule has 0 aliphatic heterocycles. The minimum Gasteiger partial charge on any atom is -0.327 e. The summed E-state index contributed by atoms with van der Waals surface area (Å²) in [6.45, 7) is 4.90. The molecule has 0 heterocycles. The highest BCUT2D eigenvalue weighted by Gasteiger charge is 2.53. The lowest BCUT2D eigenvalue weighted by molar-refractivity contribution is -0.0865. The van der Waals surface area contributed by atoms with E-state index in [1.165, 1.54) is 19.3 Å². The number of hydrogen-bond acceptors (Lipinski definition) is 1. The first-order valence-electron chi connectivity index (χ1n) is 5.94. The zero-order valence-corrected chi connectivity index (χ0v) is 9.96. The van der Waals surface area contributed by atoms with E-state index in [9.17, 15) is 0 Å². The first kappa shape index (κ1) is 10.8. The van der Waals surface area contributed by atoms with Crippen molar-refractivity contribution in [3.05, 3.63) is 0 Å². The predicted octanol–water partition coefficient (Wildman–Crippen LogP) is 2.68. The van der Waals surface area contributed by atoms with Crippen LogP contribution in [0.15, 0.2) is 0 Å². The van der Waals surface area contributed by atoms with Gasteiger partial charge in [-0.2, -0.15) is 0 Å². The molecule has 82 valence electrons. The summed E-state index contributed by atoms with van der Waals surface area (Å²) in [5.41, 5.74) is 6.35. The second-order valence-electron chi connectivity index (χ2n) is 5.86. The fourth-order valence-corrected chi connectivity index (χ4v) is 4.75. The molecule has 4 bridgehead atoms. The van der Waals surface area contributed by atoms with Crippen molar-refractivity contribution in [2.24, 2.45) is 41.2 Å². The van der Waals surface area contributed by atoms with Crippen molar-refractivity contribution >= 4 is 12.4 Å². The van der Waals surface area contributed by atoms with Crippen LogP contribution in [0.5, 0.6) is 0 Å². The average Bonchev–Trinajstić information content (AvgIpc) is 2.12. The molecule has 4 aliphatic carbocycles. The molecule has 0 aromatic carbocycles. The van der Waals surface area contributed by atoms with Crippen molar-refractivity contribution in [3.8, 4) is 0 Å². The average molecular weight is 216 g/mol. The van der Waals surface area contributed by atoms with E-state index in [-0.39, 0.29) is 12.4 Å². The smallest absolute Gasteiger partial charge is 0.0101 e. The minimum atomic E-state index is 0. The number of nitrogens with two attached hydrogens (primary N) is 1. The van der Waals surface area contributed by atoms with E-state index in [0.29, 0.717) is 6.04 Å². The highest BCUT2D eigenvalue weighted by molar-refractivity contribution is 5.85. The quantitative estimate of drug-likeness (QED) is 0.661. The normalized spacial score (nSPS) is 59.8. The van der Waals surface area contributed by atoms with Gasteiger partial charge in [0.1, 0.15) is 0 Å². The van der Waals surface area contributed by atoms with Crippen molar-refractivity contribution in [2.45, 2.75) is 39.2 Å². The molecule has 0 radical (unpaired) electrons. The molecule has 14 heavy (non-hydrogen) atoms. The summed E-state index contributed by atoms with van der Waals surface area (Å²) in [7, 11) is 0. The molecule has 4 aliphatic rings. The van der Waals surface area contributed by atoms with E-state index < -0.39 is 0 Å². The van der Waals surface area contributed by atoms with Gasteiger partial charge in [-0.1, -0.05) is 13.8 Å². The topological polar surface area (TPSA) is 26.0 Å². The van der Waals surface area contributed by atoms with Crippen LogP contribution in [0, 0.1) is 35.5 Å². The van der Waals surface area contributed by atoms with Crippen LogP contribution in [0.3, 0.4) is 0 Å². The molecule has 2 heteroatoms. The Balaban J connectivity index is 0.000000750. The molecule has 4 rings (SSSR count). The molecule has 1 nitrogen and oxygen atoms in total. The molecule has 4 fully saturated rings. The van der Waals surface area contributed by atoms with Crippen LogP contribution in [-0.2, 0) is 0 Å². The van der Waals surface area contributed by atoms with Crippen LogP contribution in [0.25, 0.3) is 0 Å². The summed E-state index contributed by atoms with van der Waals surface area (Å²) in [4.78, 5) is 0. The highest BCUT2D eigenvalue weighted by atomic mass is 35.5. The Morgan fingerprint density at radius 1 is 0.857 bits per heavy atom.